The highest BCUT2D eigenvalue weighted by Gasteiger charge is 2.43. The van der Waals surface area contributed by atoms with E-state index >= 15 is 0 Å². The van der Waals surface area contributed by atoms with Crippen LogP contribution in [0.25, 0.3) is 5.57 Å². The first-order valence-electron chi connectivity index (χ1n) is 10.4. The van der Waals surface area contributed by atoms with Gasteiger partial charge < -0.3 is 14.5 Å². The van der Waals surface area contributed by atoms with Crippen molar-refractivity contribution in [3.8, 4) is 5.75 Å². The summed E-state index contributed by atoms with van der Waals surface area (Å²) in [6, 6.07) is 14.2. The van der Waals surface area contributed by atoms with E-state index in [-0.39, 0.29) is 17.9 Å². The first kappa shape index (κ1) is 21.4. The summed E-state index contributed by atoms with van der Waals surface area (Å²) in [6.45, 7) is 6.84. The molecule has 2 amide bonds. The predicted octanol–water partition coefficient (Wildman–Crippen LogP) is 3.66. The van der Waals surface area contributed by atoms with E-state index in [9.17, 15) is 9.59 Å². The molecule has 2 heterocycles. The minimum absolute atomic E-state index is 0.0882. The largest absolute Gasteiger partial charge is 0.489 e. The molecule has 0 aliphatic carbocycles. The fourth-order valence-corrected chi connectivity index (χ4v) is 4.06. The molecule has 31 heavy (non-hydrogen) atoms. The number of hydrogen-bond donors (Lipinski definition) is 0. The van der Waals surface area contributed by atoms with Crippen molar-refractivity contribution in [3.63, 3.8) is 0 Å². The van der Waals surface area contributed by atoms with Crippen LogP contribution in [0.1, 0.15) is 19.4 Å². The van der Waals surface area contributed by atoms with Crippen molar-refractivity contribution in [2.75, 3.05) is 38.1 Å². The van der Waals surface area contributed by atoms with Crippen molar-refractivity contribution in [2.24, 2.45) is 0 Å². The van der Waals surface area contributed by atoms with Crippen LogP contribution in [-0.2, 0) is 9.59 Å². The van der Waals surface area contributed by atoms with Gasteiger partial charge in [0.05, 0.1) is 17.4 Å². The highest BCUT2D eigenvalue weighted by atomic mass is 35.5. The zero-order valence-electron chi connectivity index (χ0n) is 18.0. The van der Waals surface area contributed by atoms with Gasteiger partial charge in [-0.3, -0.25) is 9.59 Å². The lowest BCUT2D eigenvalue weighted by Crippen LogP contribution is -2.46. The monoisotopic (exact) mass is 439 g/mol. The van der Waals surface area contributed by atoms with Gasteiger partial charge in [-0.05, 0) is 50.7 Å². The second-order valence-electron chi connectivity index (χ2n) is 8.10. The number of imide groups is 1. The molecule has 1 fully saturated rings. The van der Waals surface area contributed by atoms with Gasteiger partial charge in [0.25, 0.3) is 11.8 Å². The molecule has 7 heteroatoms. The maximum Gasteiger partial charge on any atom is 0.282 e. The summed E-state index contributed by atoms with van der Waals surface area (Å²) in [5, 5.41) is 0.579. The Morgan fingerprint density at radius 1 is 0.903 bits per heavy atom. The summed E-state index contributed by atoms with van der Waals surface area (Å²) < 4.78 is 5.90. The van der Waals surface area contributed by atoms with Crippen molar-refractivity contribution in [1.82, 2.24) is 9.80 Å². The van der Waals surface area contributed by atoms with Crippen LogP contribution in [0.4, 0.5) is 5.69 Å². The summed E-state index contributed by atoms with van der Waals surface area (Å²) >= 11 is 6.07. The highest BCUT2D eigenvalue weighted by molar-refractivity contribution is 6.45. The number of para-hydroxylation sites is 2. The minimum atomic E-state index is -0.346. The molecule has 0 aromatic heterocycles. The van der Waals surface area contributed by atoms with E-state index in [0.717, 1.165) is 13.1 Å². The molecule has 2 aromatic carbocycles. The fraction of sp³-hybridized carbons (Fsp3) is 0.333. The second-order valence-corrected chi connectivity index (χ2v) is 8.54. The molecule has 162 valence electrons. The van der Waals surface area contributed by atoms with Crippen LogP contribution in [0.5, 0.6) is 5.75 Å². The summed E-state index contributed by atoms with van der Waals surface area (Å²) in [6.07, 6.45) is -0.0882. The van der Waals surface area contributed by atoms with Crippen LogP contribution in [0.2, 0.25) is 5.02 Å². The third-order valence-corrected chi connectivity index (χ3v) is 5.73. The van der Waals surface area contributed by atoms with E-state index in [2.05, 4.69) is 11.9 Å². The van der Waals surface area contributed by atoms with Gasteiger partial charge in [0, 0.05) is 31.2 Å². The van der Waals surface area contributed by atoms with E-state index in [4.69, 9.17) is 16.3 Å². The van der Waals surface area contributed by atoms with E-state index in [1.165, 1.54) is 4.90 Å². The molecule has 1 saturated heterocycles. The number of rotatable bonds is 5. The molecule has 2 aliphatic heterocycles. The Bertz CT molecular complexity index is 1020. The molecular formula is C24H26ClN3O3. The molecule has 4 rings (SSSR count). The number of amides is 2. The van der Waals surface area contributed by atoms with Gasteiger partial charge in [0.2, 0.25) is 0 Å². The third-order valence-electron chi connectivity index (χ3n) is 5.48. The Hall–Kier alpha value is -2.83. The lowest BCUT2D eigenvalue weighted by Gasteiger charge is -2.34. The number of carbonyl (C=O) groups is 2. The zero-order valence-corrected chi connectivity index (χ0v) is 18.7. The number of halogens is 1. The van der Waals surface area contributed by atoms with Gasteiger partial charge in [0.1, 0.15) is 11.4 Å². The Balaban J connectivity index is 1.80. The van der Waals surface area contributed by atoms with E-state index < -0.39 is 0 Å². The molecule has 0 radical (unpaired) electrons. The molecule has 0 bridgehead atoms. The number of anilines is 1. The number of benzene rings is 2. The average molecular weight is 440 g/mol. The van der Waals surface area contributed by atoms with Crippen LogP contribution in [0.3, 0.4) is 0 Å². The van der Waals surface area contributed by atoms with Crippen LogP contribution < -0.4 is 9.64 Å². The maximum atomic E-state index is 13.7. The van der Waals surface area contributed by atoms with Gasteiger partial charge in [0.15, 0.2) is 0 Å². The van der Waals surface area contributed by atoms with E-state index in [1.54, 1.807) is 42.5 Å². The summed E-state index contributed by atoms with van der Waals surface area (Å²) in [4.78, 5) is 32.9. The maximum absolute atomic E-state index is 13.7. The first-order chi connectivity index (χ1) is 14.9. The van der Waals surface area contributed by atoms with Crippen LogP contribution >= 0.6 is 11.6 Å². The molecule has 0 saturated carbocycles. The Morgan fingerprint density at radius 3 is 2.19 bits per heavy atom. The summed E-state index contributed by atoms with van der Waals surface area (Å²) in [5.41, 5.74) is 1.99. The molecule has 0 spiro atoms. The highest BCUT2D eigenvalue weighted by Crippen LogP contribution is 2.39. The van der Waals surface area contributed by atoms with E-state index in [0.29, 0.717) is 46.4 Å². The number of nitrogens with zero attached hydrogens (tertiary/aromatic N) is 3. The standard InChI is InChI=1S/C24H26ClN3O3/c1-16(2)31-20-7-5-4-6-19(20)28-23(29)21(17-8-10-18(25)11-9-17)22(24(28)30)27-14-12-26(3)13-15-27/h4-11,16H,12-15H2,1-3H3. The van der Waals surface area contributed by atoms with Gasteiger partial charge >= 0.3 is 0 Å². The lowest BCUT2D eigenvalue weighted by atomic mass is 10.0. The Morgan fingerprint density at radius 2 is 1.55 bits per heavy atom. The van der Waals surface area contributed by atoms with E-state index in [1.807, 2.05) is 24.8 Å². The molecule has 2 aromatic rings. The predicted molar refractivity (Wildman–Crippen MR) is 122 cm³/mol. The lowest BCUT2D eigenvalue weighted by molar-refractivity contribution is -0.120. The number of carbonyl (C=O) groups excluding carboxylic acids is 2. The molecule has 0 atom stereocenters. The van der Waals surface area contributed by atoms with Gasteiger partial charge in [-0.1, -0.05) is 35.9 Å². The summed E-state index contributed by atoms with van der Waals surface area (Å²) in [7, 11) is 2.05. The summed E-state index contributed by atoms with van der Waals surface area (Å²) in [5.74, 6) is -0.158. The van der Waals surface area contributed by atoms with Gasteiger partial charge in [-0.2, -0.15) is 0 Å². The molecule has 0 unspecified atom stereocenters. The smallest absolute Gasteiger partial charge is 0.282 e. The number of ether oxygens (including phenoxy) is 1. The zero-order chi connectivity index (χ0) is 22.1. The molecular weight excluding hydrogens is 414 g/mol. The Kier molecular flexibility index (Phi) is 6.03. The van der Waals surface area contributed by atoms with Crippen LogP contribution in [0.15, 0.2) is 54.2 Å². The Labute approximate surface area is 187 Å². The SMILES string of the molecule is CC(C)Oc1ccccc1N1C(=O)C(c2ccc(Cl)cc2)=C(N2CCN(C)CC2)C1=O. The van der Waals surface area contributed by atoms with Gasteiger partial charge in [-0.25, -0.2) is 4.90 Å². The number of likely N-dealkylation sites (N-methyl/N-ethyl adjacent to an activating group) is 1. The van der Waals surface area contributed by atoms with Crippen molar-refractivity contribution >= 4 is 34.7 Å². The van der Waals surface area contributed by atoms with Crippen molar-refractivity contribution in [3.05, 3.63) is 64.8 Å². The van der Waals surface area contributed by atoms with Crippen LogP contribution in [0, 0.1) is 0 Å². The molecule has 2 aliphatic rings. The molecule has 6 nitrogen and oxygen atoms in total. The second kappa shape index (κ2) is 8.73. The van der Waals surface area contributed by atoms with Crippen LogP contribution in [-0.4, -0.2) is 60.9 Å². The minimum Gasteiger partial charge on any atom is -0.489 e. The van der Waals surface area contributed by atoms with Crippen molar-refractivity contribution in [1.29, 1.82) is 0 Å². The average Bonchev–Trinajstić information content (AvgIpc) is 2.99. The normalized spacial score (nSPS) is 17.8. The number of hydrogen-bond acceptors (Lipinski definition) is 5. The fourth-order valence-electron chi connectivity index (χ4n) is 3.93. The van der Waals surface area contributed by atoms with Crippen molar-refractivity contribution in [2.45, 2.75) is 20.0 Å². The third kappa shape index (κ3) is 4.18. The molecule has 0 N–H and O–H groups in total. The quantitative estimate of drug-likeness (QED) is 0.665. The van der Waals surface area contributed by atoms with Gasteiger partial charge in [-0.15, -0.1) is 0 Å². The topological polar surface area (TPSA) is 53.1 Å². The van der Waals surface area contributed by atoms with Crippen molar-refractivity contribution < 1.29 is 14.3 Å². The number of piperazine rings is 1. The first-order valence-corrected chi connectivity index (χ1v) is 10.8.